The van der Waals surface area contributed by atoms with Crippen LogP contribution in [0.2, 0.25) is 0 Å². The molecule has 0 aliphatic heterocycles. The lowest BCUT2D eigenvalue weighted by atomic mass is 10.2. The predicted molar refractivity (Wildman–Crippen MR) is 53.8 cm³/mol. The summed E-state index contributed by atoms with van der Waals surface area (Å²) in [5.41, 5.74) is 2.00. The van der Waals surface area contributed by atoms with Crippen LogP contribution in [0, 0.1) is 6.92 Å². The van der Waals surface area contributed by atoms with E-state index in [1.54, 1.807) is 6.20 Å². The monoisotopic (exact) mass is 180 g/mol. The van der Waals surface area contributed by atoms with Crippen LogP contribution in [0.3, 0.4) is 0 Å². The highest BCUT2D eigenvalue weighted by Gasteiger charge is 1.99. The van der Waals surface area contributed by atoms with Crippen LogP contribution in [0.15, 0.2) is 18.3 Å². The Hall–Kier alpha value is -1.09. The number of hydrogen-bond acceptors (Lipinski definition) is 3. The lowest BCUT2D eigenvalue weighted by Crippen LogP contribution is -2.18. The van der Waals surface area contributed by atoms with Crippen LogP contribution in [0.4, 0.5) is 5.69 Å². The number of rotatable bonds is 4. The first-order chi connectivity index (χ1) is 6.22. The van der Waals surface area contributed by atoms with Gasteiger partial charge in [0.25, 0.3) is 0 Å². The van der Waals surface area contributed by atoms with Gasteiger partial charge in [0.05, 0.1) is 6.10 Å². The SMILES string of the molecule is CC[C@H](O)CNc1ccnc(C)c1. The van der Waals surface area contributed by atoms with E-state index < -0.39 is 0 Å². The van der Waals surface area contributed by atoms with Gasteiger partial charge in [-0.1, -0.05) is 6.92 Å². The van der Waals surface area contributed by atoms with Crippen molar-refractivity contribution >= 4 is 5.69 Å². The average molecular weight is 180 g/mol. The Kier molecular flexibility index (Phi) is 3.71. The highest BCUT2D eigenvalue weighted by atomic mass is 16.3. The van der Waals surface area contributed by atoms with Crippen molar-refractivity contribution in [1.82, 2.24) is 4.98 Å². The van der Waals surface area contributed by atoms with Crippen molar-refractivity contribution in [2.45, 2.75) is 26.4 Å². The molecule has 0 saturated carbocycles. The van der Waals surface area contributed by atoms with Gasteiger partial charge in [0.15, 0.2) is 0 Å². The fourth-order valence-electron chi connectivity index (χ4n) is 1.04. The Morgan fingerprint density at radius 1 is 1.62 bits per heavy atom. The van der Waals surface area contributed by atoms with Gasteiger partial charge in [-0.05, 0) is 25.5 Å². The van der Waals surface area contributed by atoms with Crippen LogP contribution < -0.4 is 5.32 Å². The first-order valence-corrected chi connectivity index (χ1v) is 4.57. The van der Waals surface area contributed by atoms with E-state index in [0.29, 0.717) is 6.54 Å². The molecule has 2 N–H and O–H groups in total. The highest BCUT2D eigenvalue weighted by Crippen LogP contribution is 2.06. The van der Waals surface area contributed by atoms with E-state index >= 15 is 0 Å². The number of aromatic nitrogens is 1. The molecule has 3 heteroatoms. The minimum absolute atomic E-state index is 0.270. The van der Waals surface area contributed by atoms with Gasteiger partial charge in [-0.25, -0.2) is 0 Å². The zero-order valence-electron chi connectivity index (χ0n) is 8.12. The number of nitrogens with one attached hydrogen (secondary N) is 1. The maximum atomic E-state index is 9.31. The maximum Gasteiger partial charge on any atom is 0.0709 e. The van der Waals surface area contributed by atoms with Crippen molar-refractivity contribution in [3.05, 3.63) is 24.0 Å². The molecule has 1 rings (SSSR count). The standard InChI is InChI=1S/C10H16N2O/c1-3-10(13)7-12-9-4-5-11-8(2)6-9/h4-6,10,13H,3,7H2,1-2H3,(H,11,12)/t10-/m0/s1. The van der Waals surface area contributed by atoms with E-state index in [1.807, 2.05) is 26.0 Å². The fourth-order valence-corrected chi connectivity index (χ4v) is 1.04. The predicted octanol–water partition coefficient (Wildman–Crippen LogP) is 1.57. The van der Waals surface area contributed by atoms with Gasteiger partial charge in [-0.2, -0.15) is 0 Å². The number of anilines is 1. The molecule has 1 aromatic rings. The lowest BCUT2D eigenvalue weighted by Gasteiger charge is -2.10. The van der Waals surface area contributed by atoms with E-state index in [1.165, 1.54) is 0 Å². The Balaban J connectivity index is 2.45. The molecule has 0 spiro atoms. The van der Waals surface area contributed by atoms with Crippen molar-refractivity contribution < 1.29 is 5.11 Å². The van der Waals surface area contributed by atoms with Crippen molar-refractivity contribution in [3.63, 3.8) is 0 Å². The zero-order valence-corrected chi connectivity index (χ0v) is 8.12. The summed E-state index contributed by atoms with van der Waals surface area (Å²) < 4.78 is 0. The zero-order chi connectivity index (χ0) is 9.68. The largest absolute Gasteiger partial charge is 0.391 e. The minimum atomic E-state index is -0.270. The van der Waals surface area contributed by atoms with E-state index in [4.69, 9.17) is 0 Å². The second-order valence-electron chi connectivity index (χ2n) is 3.13. The van der Waals surface area contributed by atoms with Crippen molar-refractivity contribution in [3.8, 4) is 0 Å². The van der Waals surface area contributed by atoms with Crippen LogP contribution in [0.25, 0.3) is 0 Å². The van der Waals surface area contributed by atoms with E-state index in [-0.39, 0.29) is 6.10 Å². The molecule has 13 heavy (non-hydrogen) atoms. The van der Waals surface area contributed by atoms with Gasteiger partial charge in [-0.15, -0.1) is 0 Å². The summed E-state index contributed by atoms with van der Waals surface area (Å²) in [5.74, 6) is 0. The smallest absolute Gasteiger partial charge is 0.0709 e. The van der Waals surface area contributed by atoms with Crippen molar-refractivity contribution in [1.29, 1.82) is 0 Å². The quantitative estimate of drug-likeness (QED) is 0.739. The summed E-state index contributed by atoms with van der Waals surface area (Å²) in [6.45, 7) is 4.51. The highest BCUT2D eigenvalue weighted by molar-refractivity contribution is 5.42. The molecular formula is C10H16N2O. The van der Waals surface area contributed by atoms with Crippen molar-refractivity contribution in [2.75, 3.05) is 11.9 Å². The van der Waals surface area contributed by atoms with Crippen LogP contribution in [-0.4, -0.2) is 22.7 Å². The second-order valence-corrected chi connectivity index (χ2v) is 3.13. The molecule has 0 bridgehead atoms. The molecule has 0 fully saturated rings. The number of nitrogens with zero attached hydrogens (tertiary/aromatic N) is 1. The van der Waals surface area contributed by atoms with Crippen LogP contribution in [0.1, 0.15) is 19.0 Å². The van der Waals surface area contributed by atoms with Gasteiger partial charge in [0.1, 0.15) is 0 Å². The van der Waals surface area contributed by atoms with Crippen LogP contribution in [-0.2, 0) is 0 Å². The van der Waals surface area contributed by atoms with E-state index in [9.17, 15) is 5.11 Å². The molecule has 0 amide bonds. The Morgan fingerprint density at radius 2 is 2.38 bits per heavy atom. The Labute approximate surface area is 78.8 Å². The van der Waals surface area contributed by atoms with Gasteiger partial charge in [0, 0.05) is 24.1 Å². The number of aliphatic hydroxyl groups is 1. The molecule has 0 aliphatic carbocycles. The van der Waals surface area contributed by atoms with Gasteiger partial charge in [-0.3, -0.25) is 4.98 Å². The molecule has 3 nitrogen and oxygen atoms in total. The molecule has 1 heterocycles. The number of aliphatic hydroxyl groups excluding tert-OH is 1. The average Bonchev–Trinajstić information content (AvgIpc) is 2.14. The first-order valence-electron chi connectivity index (χ1n) is 4.57. The lowest BCUT2D eigenvalue weighted by molar-refractivity contribution is 0.183. The molecule has 0 unspecified atom stereocenters. The molecule has 72 valence electrons. The molecule has 0 radical (unpaired) electrons. The summed E-state index contributed by atoms with van der Waals surface area (Å²) in [7, 11) is 0. The van der Waals surface area contributed by atoms with Crippen LogP contribution in [0.5, 0.6) is 0 Å². The summed E-state index contributed by atoms with van der Waals surface area (Å²) in [5, 5.41) is 12.5. The van der Waals surface area contributed by atoms with Crippen molar-refractivity contribution in [2.24, 2.45) is 0 Å². The summed E-state index contributed by atoms with van der Waals surface area (Å²) in [6.07, 6.45) is 2.26. The van der Waals surface area contributed by atoms with Gasteiger partial charge in [0.2, 0.25) is 0 Å². The normalized spacial score (nSPS) is 12.5. The third-order valence-electron chi connectivity index (χ3n) is 1.91. The first kappa shape index (κ1) is 9.99. The molecule has 1 atom stereocenters. The summed E-state index contributed by atoms with van der Waals surface area (Å²) >= 11 is 0. The van der Waals surface area contributed by atoms with E-state index in [2.05, 4.69) is 10.3 Å². The number of aryl methyl sites for hydroxylation is 1. The number of hydrogen-bond donors (Lipinski definition) is 2. The minimum Gasteiger partial charge on any atom is -0.391 e. The molecular weight excluding hydrogens is 164 g/mol. The molecule has 0 saturated heterocycles. The van der Waals surface area contributed by atoms with Gasteiger partial charge < -0.3 is 10.4 Å². The maximum absolute atomic E-state index is 9.31. The van der Waals surface area contributed by atoms with Gasteiger partial charge >= 0.3 is 0 Å². The van der Waals surface area contributed by atoms with Crippen LogP contribution >= 0.6 is 0 Å². The summed E-state index contributed by atoms with van der Waals surface area (Å²) in [6, 6.07) is 3.86. The Bertz CT molecular complexity index is 263. The number of pyridine rings is 1. The summed E-state index contributed by atoms with van der Waals surface area (Å²) in [4.78, 5) is 4.08. The third kappa shape index (κ3) is 3.42. The third-order valence-corrected chi connectivity index (χ3v) is 1.91. The van der Waals surface area contributed by atoms with E-state index in [0.717, 1.165) is 17.8 Å². The fraction of sp³-hybridized carbons (Fsp3) is 0.500. The molecule has 0 aliphatic rings. The topological polar surface area (TPSA) is 45.1 Å². The molecule has 0 aromatic carbocycles. The molecule has 1 aromatic heterocycles. The Morgan fingerprint density at radius 3 is 3.00 bits per heavy atom. The second kappa shape index (κ2) is 4.82.